The Labute approximate surface area is 198 Å². The molecule has 1 aromatic carbocycles. The van der Waals surface area contributed by atoms with Crippen LogP contribution in [-0.4, -0.2) is 78.3 Å². The molecule has 33 heavy (non-hydrogen) atoms. The van der Waals surface area contributed by atoms with Crippen LogP contribution in [0.4, 0.5) is 9.59 Å². The first-order valence-electron chi connectivity index (χ1n) is 12.4. The molecule has 2 heterocycles. The molecule has 7 heteroatoms. The summed E-state index contributed by atoms with van der Waals surface area (Å²) in [6.07, 6.45) is 4.31. The highest BCUT2D eigenvalue weighted by Gasteiger charge is 2.47. The summed E-state index contributed by atoms with van der Waals surface area (Å²) in [4.78, 5) is 30.9. The van der Waals surface area contributed by atoms with E-state index in [2.05, 4.69) is 4.90 Å². The minimum atomic E-state index is -0.434. The number of hydrogen-bond acceptors (Lipinski definition) is 5. The first-order valence-corrected chi connectivity index (χ1v) is 12.4. The largest absolute Gasteiger partial charge is 0.445 e. The van der Waals surface area contributed by atoms with Crippen molar-refractivity contribution in [2.75, 3.05) is 45.8 Å². The lowest BCUT2D eigenvalue weighted by molar-refractivity contribution is -0.0382. The summed E-state index contributed by atoms with van der Waals surface area (Å²) in [7, 11) is 0. The van der Waals surface area contributed by atoms with Crippen LogP contribution in [0.25, 0.3) is 0 Å². The maximum absolute atomic E-state index is 12.4. The number of rotatable bonds is 4. The Morgan fingerprint density at radius 2 is 1.52 bits per heavy atom. The van der Waals surface area contributed by atoms with Crippen LogP contribution < -0.4 is 0 Å². The van der Waals surface area contributed by atoms with Crippen LogP contribution in [0.5, 0.6) is 0 Å². The van der Waals surface area contributed by atoms with Crippen LogP contribution >= 0.6 is 0 Å². The Balaban J connectivity index is 1.12. The smallest absolute Gasteiger partial charge is 0.410 e. The summed E-state index contributed by atoms with van der Waals surface area (Å²) in [6.45, 7) is 12.1. The Hall–Kier alpha value is -2.28. The van der Waals surface area contributed by atoms with Crippen molar-refractivity contribution in [1.82, 2.24) is 14.7 Å². The van der Waals surface area contributed by atoms with Crippen LogP contribution in [0.15, 0.2) is 30.3 Å². The van der Waals surface area contributed by atoms with Crippen LogP contribution in [0, 0.1) is 11.3 Å². The second-order valence-electron chi connectivity index (χ2n) is 11.1. The molecule has 0 atom stereocenters. The fourth-order valence-electron chi connectivity index (χ4n) is 5.48. The number of nitrogens with zero attached hydrogens (tertiary/aromatic N) is 3. The third-order valence-electron chi connectivity index (χ3n) is 7.27. The van der Waals surface area contributed by atoms with Crippen molar-refractivity contribution in [3.63, 3.8) is 0 Å². The van der Waals surface area contributed by atoms with Gasteiger partial charge in [0.1, 0.15) is 12.2 Å². The molecule has 1 saturated carbocycles. The van der Waals surface area contributed by atoms with E-state index in [1.54, 1.807) is 0 Å². The predicted octanol–water partition coefficient (Wildman–Crippen LogP) is 4.37. The van der Waals surface area contributed by atoms with Crippen LogP contribution in [0.2, 0.25) is 0 Å². The molecule has 2 aliphatic heterocycles. The van der Waals surface area contributed by atoms with Gasteiger partial charge in [0, 0.05) is 45.8 Å². The maximum atomic E-state index is 12.4. The van der Waals surface area contributed by atoms with Gasteiger partial charge in [-0.15, -0.1) is 0 Å². The third kappa shape index (κ3) is 6.40. The minimum absolute atomic E-state index is 0.173. The van der Waals surface area contributed by atoms with Crippen molar-refractivity contribution in [3.05, 3.63) is 35.9 Å². The number of amides is 2. The van der Waals surface area contributed by atoms with E-state index in [-0.39, 0.29) is 12.2 Å². The highest BCUT2D eigenvalue weighted by molar-refractivity contribution is 5.68. The Morgan fingerprint density at radius 1 is 0.909 bits per heavy atom. The Morgan fingerprint density at radius 3 is 2.12 bits per heavy atom. The van der Waals surface area contributed by atoms with Gasteiger partial charge in [-0.05, 0) is 63.4 Å². The predicted molar refractivity (Wildman–Crippen MR) is 127 cm³/mol. The Kier molecular flexibility index (Phi) is 7.17. The van der Waals surface area contributed by atoms with Crippen molar-refractivity contribution in [2.24, 2.45) is 11.3 Å². The van der Waals surface area contributed by atoms with Gasteiger partial charge in [0.05, 0.1) is 0 Å². The van der Waals surface area contributed by atoms with Gasteiger partial charge in [-0.2, -0.15) is 0 Å². The van der Waals surface area contributed by atoms with Crippen molar-refractivity contribution in [3.8, 4) is 0 Å². The zero-order valence-electron chi connectivity index (χ0n) is 20.4. The highest BCUT2D eigenvalue weighted by Crippen LogP contribution is 2.52. The van der Waals surface area contributed by atoms with Crippen LogP contribution in [-0.2, 0) is 16.1 Å². The van der Waals surface area contributed by atoms with Gasteiger partial charge in [-0.1, -0.05) is 30.3 Å². The maximum Gasteiger partial charge on any atom is 0.410 e. The molecule has 3 aliphatic rings. The minimum Gasteiger partial charge on any atom is -0.445 e. The lowest BCUT2D eigenvalue weighted by Crippen LogP contribution is -2.54. The number of likely N-dealkylation sites (tertiary alicyclic amines) is 1. The van der Waals surface area contributed by atoms with Gasteiger partial charge in [0.15, 0.2) is 0 Å². The SMILES string of the molecule is CC(C)(C)OC(=O)N1CCC2(CC1)CC(CN1CCN(C(=O)OCc3ccccc3)CC1)C2. The molecule has 1 aliphatic carbocycles. The molecule has 1 aromatic rings. The quantitative estimate of drug-likeness (QED) is 0.672. The molecule has 0 bridgehead atoms. The summed E-state index contributed by atoms with van der Waals surface area (Å²) in [5, 5.41) is 0. The van der Waals surface area contributed by atoms with E-state index in [4.69, 9.17) is 9.47 Å². The van der Waals surface area contributed by atoms with Gasteiger partial charge in [-0.3, -0.25) is 4.90 Å². The molecule has 2 amide bonds. The molecule has 7 nitrogen and oxygen atoms in total. The summed E-state index contributed by atoms with van der Waals surface area (Å²) in [5.41, 5.74) is 1.00. The zero-order chi connectivity index (χ0) is 23.5. The fourth-order valence-corrected chi connectivity index (χ4v) is 5.48. The van der Waals surface area contributed by atoms with E-state index >= 15 is 0 Å². The van der Waals surface area contributed by atoms with E-state index in [0.717, 1.165) is 70.1 Å². The number of carbonyl (C=O) groups is 2. The topological polar surface area (TPSA) is 62.3 Å². The van der Waals surface area contributed by atoms with Gasteiger partial charge in [0.25, 0.3) is 0 Å². The number of hydrogen-bond donors (Lipinski definition) is 0. The first kappa shape index (κ1) is 23.9. The molecular weight excluding hydrogens is 418 g/mol. The average Bonchev–Trinajstić information content (AvgIpc) is 2.77. The summed E-state index contributed by atoms with van der Waals surface area (Å²) in [6, 6.07) is 9.81. The van der Waals surface area contributed by atoms with Crippen LogP contribution in [0.3, 0.4) is 0 Å². The third-order valence-corrected chi connectivity index (χ3v) is 7.27. The summed E-state index contributed by atoms with van der Waals surface area (Å²) >= 11 is 0. The normalized spacial score (nSPS) is 21.5. The zero-order valence-corrected chi connectivity index (χ0v) is 20.4. The Bertz CT molecular complexity index is 799. The van der Waals surface area contributed by atoms with Gasteiger partial charge in [0.2, 0.25) is 0 Å². The molecule has 1 spiro atoms. The standard InChI is InChI=1S/C26H39N3O4/c1-25(2,3)33-24(31)28-11-9-26(10-12-28)17-22(18-26)19-27-13-15-29(16-14-27)23(30)32-20-21-7-5-4-6-8-21/h4-8,22H,9-20H2,1-3H3. The van der Waals surface area contributed by atoms with Crippen molar-refractivity contribution >= 4 is 12.2 Å². The number of ether oxygens (including phenoxy) is 2. The molecule has 0 N–H and O–H groups in total. The number of piperazine rings is 1. The molecule has 182 valence electrons. The van der Waals surface area contributed by atoms with Crippen molar-refractivity contribution < 1.29 is 19.1 Å². The van der Waals surface area contributed by atoms with Crippen molar-refractivity contribution in [2.45, 2.75) is 58.7 Å². The molecular formula is C26H39N3O4. The van der Waals surface area contributed by atoms with Crippen molar-refractivity contribution in [1.29, 1.82) is 0 Å². The molecule has 3 fully saturated rings. The lowest BCUT2D eigenvalue weighted by Gasteiger charge is -2.53. The highest BCUT2D eigenvalue weighted by atomic mass is 16.6. The van der Waals surface area contributed by atoms with Gasteiger partial charge in [-0.25, -0.2) is 9.59 Å². The summed E-state index contributed by atoms with van der Waals surface area (Å²) in [5.74, 6) is 0.731. The van der Waals surface area contributed by atoms with Gasteiger partial charge < -0.3 is 19.3 Å². The number of benzene rings is 1. The van der Waals surface area contributed by atoms with E-state index < -0.39 is 5.60 Å². The number of carbonyl (C=O) groups excluding carboxylic acids is 2. The molecule has 0 unspecified atom stereocenters. The average molecular weight is 458 g/mol. The second kappa shape index (κ2) is 9.92. The molecule has 0 radical (unpaired) electrons. The van der Waals surface area contributed by atoms with E-state index in [1.165, 1.54) is 12.8 Å². The molecule has 0 aromatic heterocycles. The number of piperidine rings is 1. The van der Waals surface area contributed by atoms with Gasteiger partial charge >= 0.3 is 12.2 Å². The molecule has 4 rings (SSSR count). The van der Waals surface area contributed by atoms with E-state index in [1.807, 2.05) is 60.9 Å². The van der Waals surface area contributed by atoms with Crippen LogP contribution in [0.1, 0.15) is 52.0 Å². The molecule has 2 saturated heterocycles. The van der Waals surface area contributed by atoms with E-state index in [0.29, 0.717) is 12.0 Å². The summed E-state index contributed by atoms with van der Waals surface area (Å²) < 4.78 is 11.0. The second-order valence-corrected chi connectivity index (χ2v) is 11.1. The van der Waals surface area contributed by atoms with E-state index in [9.17, 15) is 9.59 Å². The fraction of sp³-hybridized carbons (Fsp3) is 0.692. The first-order chi connectivity index (χ1) is 15.7. The lowest BCUT2D eigenvalue weighted by atomic mass is 9.57. The monoisotopic (exact) mass is 457 g/mol.